The molecule has 0 aliphatic heterocycles. The summed E-state index contributed by atoms with van der Waals surface area (Å²) >= 11 is 0. The van der Waals surface area contributed by atoms with E-state index in [2.05, 4.69) is 20.8 Å². The number of hydrogen-bond acceptors (Lipinski definition) is 6. The zero-order valence-corrected chi connectivity index (χ0v) is 34.4. The first-order valence-corrected chi connectivity index (χ1v) is 22.5. The fourth-order valence-corrected chi connectivity index (χ4v) is 6.68. The second-order valence-corrected chi connectivity index (χ2v) is 15.3. The highest BCUT2D eigenvalue weighted by Gasteiger charge is 2.19. The smallest absolute Gasteiger partial charge is 0.306 e. The van der Waals surface area contributed by atoms with E-state index in [1.165, 1.54) is 154 Å². The molecule has 0 bridgehead atoms. The molecule has 0 saturated heterocycles. The van der Waals surface area contributed by atoms with E-state index in [-0.39, 0.29) is 31.1 Å². The topological polar surface area (TPSA) is 78.9 Å². The minimum absolute atomic E-state index is 0.0635. The molecule has 0 N–H and O–H groups in total. The molecule has 1 atom stereocenters. The van der Waals surface area contributed by atoms with Gasteiger partial charge >= 0.3 is 17.9 Å². The zero-order chi connectivity index (χ0) is 37.3. The summed E-state index contributed by atoms with van der Waals surface area (Å²) < 4.78 is 16.6. The third-order valence-electron chi connectivity index (χ3n) is 10.1. The number of esters is 3. The van der Waals surface area contributed by atoms with Gasteiger partial charge in [0.2, 0.25) is 0 Å². The highest BCUT2D eigenvalue weighted by Crippen LogP contribution is 2.16. The van der Waals surface area contributed by atoms with Gasteiger partial charge in [-0.25, -0.2) is 0 Å². The van der Waals surface area contributed by atoms with Crippen LogP contribution in [0.15, 0.2) is 0 Å². The number of rotatable bonds is 41. The van der Waals surface area contributed by atoms with E-state index in [4.69, 9.17) is 14.2 Å². The van der Waals surface area contributed by atoms with E-state index in [0.29, 0.717) is 19.3 Å². The number of carbonyl (C=O) groups excluding carboxylic acids is 3. The standard InChI is InChI=1S/C45H86O6/c1-4-7-10-13-16-18-20-21-22-23-24-25-27-30-32-35-38-44(47)50-41-42(51-45(48)39-36-33-28-15-12-9-6-3)40-49-43(46)37-34-31-29-26-19-17-14-11-8-5-2/h42H,4-41H2,1-3H3/t42-/m1/s1. The molecule has 302 valence electrons. The van der Waals surface area contributed by atoms with Crippen LogP contribution in [-0.4, -0.2) is 37.2 Å². The van der Waals surface area contributed by atoms with E-state index in [9.17, 15) is 14.4 Å². The van der Waals surface area contributed by atoms with Gasteiger partial charge in [0, 0.05) is 19.3 Å². The van der Waals surface area contributed by atoms with Crippen molar-refractivity contribution in [2.24, 2.45) is 0 Å². The molecule has 51 heavy (non-hydrogen) atoms. The Kier molecular flexibility index (Phi) is 39.9. The first-order chi connectivity index (χ1) is 25.0. The molecule has 6 nitrogen and oxygen atoms in total. The molecule has 0 aliphatic carbocycles. The Labute approximate surface area is 317 Å². The largest absolute Gasteiger partial charge is 0.462 e. The van der Waals surface area contributed by atoms with Crippen molar-refractivity contribution in [3.8, 4) is 0 Å². The molecule has 6 heteroatoms. The van der Waals surface area contributed by atoms with E-state index in [0.717, 1.165) is 57.8 Å². The average molecular weight is 723 g/mol. The van der Waals surface area contributed by atoms with Crippen LogP contribution in [0.25, 0.3) is 0 Å². The van der Waals surface area contributed by atoms with Crippen molar-refractivity contribution in [2.75, 3.05) is 13.2 Å². The Bertz CT molecular complexity index is 753. The van der Waals surface area contributed by atoms with Crippen LogP contribution in [0.4, 0.5) is 0 Å². The van der Waals surface area contributed by atoms with Crippen LogP contribution >= 0.6 is 0 Å². The molecule has 0 saturated carbocycles. The van der Waals surface area contributed by atoms with Gasteiger partial charge in [0.05, 0.1) is 0 Å². The normalized spacial score (nSPS) is 11.8. The molecular weight excluding hydrogens is 636 g/mol. The lowest BCUT2D eigenvalue weighted by molar-refractivity contribution is -0.167. The quantitative estimate of drug-likeness (QED) is 0.0355. The predicted octanol–water partition coefficient (Wildman–Crippen LogP) is 14.1. The van der Waals surface area contributed by atoms with Gasteiger partial charge in [0.1, 0.15) is 13.2 Å². The maximum atomic E-state index is 12.6. The third-order valence-corrected chi connectivity index (χ3v) is 10.1. The second-order valence-electron chi connectivity index (χ2n) is 15.3. The minimum atomic E-state index is -0.756. The van der Waals surface area contributed by atoms with Gasteiger partial charge in [-0.3, -0.25) is 14.4 Å². The highest BCUT2D eigenvalue weighted by molar-refractivity contribution is 5.71. The summed E-state index contributed by atoms with van der Waals surface area (Å²) in [5.74, 6) is -0.861. The summed E-state index contributed by atoms with van der Waals surface area (Å²) in [6.45, 7) is 6.60. The fraction of sp³-hybridized carbons (Fsp3) is 0.933. The monoisotopic (exact) mass is 723 g/mol. The van der Waals surface area contributed by atoms with Crippen molar-refractivity contribution < 1.29 is 28.6 Å². The third kappa shape index (κ3) is 39.5. The molecule has 0 unspecified atom stereocenters. The van der Waals surface area contributed by atoms with Crippen LogP contribution in [0.2, 0.25) is 0 Å². The maximum Gasteiger partial charge on any atom is 0.306 e. The van der Waals surface area contributed by atoms with Crippen molar-refractivity contribution in [1.29, 1.82) is 0 Å². The number of unbranched alkanes of at least 4 members (excludes halogenated alkanes) is 30. The van der Waals surface area contributed by atoms with Gasteiger partial charge in [-0.2, -0.15) is 0 Å². The lowest BCUT2D eigenvalue weighted by atomic mass is 10.0. The number of ether oxygens (including phenoxy) is 3. The summed E-state index contributed by atoms with van der Waals surface area (Å²) in [6.07, 6.45) is 41.0. The van der Waals surface area contributed by atoms with Gasteiger partial charge < -0.3 is 14.2 Å². The minimum Gasteiger partial charge on any atom is -0.462 e. The molecule has 0 aromatic rings. The van der Waals surface area contributed by atoms with E-state index in [1.54, 1.807) is 0 Å². The van der Waals surface area contributed by atoms with Gasteiger partial charge in [-0.05, 0) is 19.3 Å². The molecule has 0 aliphatic rings. The zero-order valence-electron chi connectivity index (χ0n) is 34.4. The molecule has 0 heterocycles. The Morgan fingerprint density at radius 3 is 0.784 bits per heavy atom. The number of carbonyl (C=O) groups is 3. The van der Waals surface area contributed by atoms with Crippen molar-refractivity contribution in [1.82, 2.24) is 0 Å². The van der Waals surface area contributed by atoms with Gasteiger partial charge in [-0.1, -0.05) is 213 Å². The molecule has 0 spiro atoms. The van der Waals surface area contributed by atoms with E-state index < -0.39 is 6.10 Å². The van der Waals surface area contributed by atoms with E-state index >= 15 is 0 Å². The first-order valence-electron chi connectivity index (χ1n) is 22.5. The summed E-state index contributed by atoms with van der Waals surface area (Å²) in [4.78, 5) is 37.5. The SMILES string of the molecule is CCCCCCCCCCCCCCCCCCC(=O)OC[C@@H](COC(=O)CCCCCCCCCCCC)OC(=O)CCCCCCCCC. The van der Waals surface area contributed by atoms with Crippen LogP contribution in [0.1, 0.15) is 252 Å². The van der Waals surface area contributed by atoms with Crippen LogP contribution in [-0.2, 0) is 28.6 Å². The van der Waals surface area contributed by atoms with Crippen LogP contribution in [0, 0.1) is 0 Å². The molecule has 0 aromatic carbocycles. The van der Waals surface area contributed by atoms with Gasteiger partial charge in [0.15, 0.2) is 6.10 Å². The Morgan fingerprint density at radius 2 is 0.529 bits per heavy atom. The summed E-state index contributed by atoms with van der Waals surface area (Å²) in [6, 6.07) is 0. The van der Waals surface area contributed by atoms with Gasteiger partial charge in [-0.15, -0.1) is 0 Å². The molecule has 0 radical (unpaired) electrons. The predicted molar refractivity (Wildman–Crippen MR) is 215 cm³/mol. The molecular formula is C45H86O6. The Balaban J connectivity index is 4.19. The summed E-state index contributed by atoms with van der Waals surface area (Å²) in [5.41, 5.74) is 0. The lowest BCUT2D eigenvalue weighted by Crippen LogP contribution is -2.30. The summed E-state index contributed by atoms with van der Waals surface area (Å²) in [7, 11) is 0. The molecule has 0 aromatic heterocycles. The van der Waals surface area contributed by atoms with Crippen molar-refractivity contribution >= 4 is 17.9 Å². The Hall–Kier alpha value is -1.59. The maximum absolute atomic E-state index is 12.6. The fourth-order valence-electron chi connectivity index (χ4n) is 6.68. The second kappa shape index (κ2) is 41.2. The lowest BCUT2D eigenvalue weighted by Gasteiger charge is -2.18. The highest BCUT2D eigenvalue weighted by atomic mass is 16.6. The average Bonchev–Trinajstić information content (AvgIpc) is 3.12. The van der Waals surface area contributed by atoms with Crippen molar-refractivity contribution in [3.05, 3.63) is 0 Å². The van der Waals surface area contributed by atoms with Gasteiger partial charge in [0.25, 0.3) is 0 Å². The summed E-state index contributed by atoms with van der Waals surface area (Å²) in [5, 5.41) is 0. The van der Waals surface area contributed by atoms with Crippen LogP contribution in [0.3, 0.4) is 0 Å². The molecule has 0 fully saturated rings. The molecule has 0 amide bonds. The van der Waals surface area contributed by atoms with Crippen molar-refractivity contribution in [2.45, 2.75) is 258 Å². The van der Waals surface area contributed by atoms with Crippen molar-refractivity contribution in [3.63, 3.8) is 0 Å². The molecule has 0 rings (SSSR count). The van der Waals surface area contributed by atoms with Crippen LogP contribution < -0.4 is 0 Å². The Morgan fingerprint density at radius 1 is 0.314 bits per heavy atom. The number of hydrogen-bond donors (Lipinski definition) is 0. The van der Waals surface area contributed by atoms with Crippen LogP contribution in [0.5, 0.6) is 0 Å². The first kappa shape index (κ1) is 49.4. The van der Waals surface area contributed by atoms with E-state index in [1.807, 2.05) is 0 Å².